The third-order valence-corrected chi connectivity index (χ3v) is 4.87. The largest absolute Gasteiger partial charge is 0.309 e. The van der Waals surface area contributed by atoms with E-state index >= 15 is 0 Å². The average Bonchev–Trinajstić information content (AvgIpc) is 2.42. The highest BCUT2D eigenvalue weighted by atomic mass is 79.9. The minimum Gasteiger partial charge on any atom is -0.309 e. The van der Waals surface area contributed by atoms with Crippen LogP contribution in [0.1, 0.15) is 25.1 Å². The molecule has 0 bridgehead atoms. The van der Waals surface area contributed by atoms with Gasteiger partial charge in [-0.25, -0.2) is 13.4 Å². The van der Waals surface area contributed by atoms with Gasteiger partial charge in [-0.2, -0.15) is 0 Å². The van der Waals surface area contributed by atoms with Crippen molar-refractivity contribution in [3.63, 3.8) is 0 Å². The van der Waals surface area contributed by atoms with Gasteiger partial charge in [0, 0.05) is 16.1 Å². The lowest BCUT2D eigenvalue weighted by molar-refractivity contribution is 0.518. The van der Waals surface area contributed by atoms with Crippen LogP contribution in [0.2, 0.25) is 0 Å². The van der Waals surface area contributed by atoms with E-state index in [-0.39, 0.29) is 11.8 Å². The molecule has 1 atom stereocenters. The minimum absolute atomic E-state index is 0.0799. The van der Waals surface area contributed by atoms with Crippen LogP contribution in [0.5, 0.6) is 0 Å². The second kappa shape index (κ2) is 6.85. The molecule has 0 saturated carbocycles. The Hall–Kier alpha value is -0.980. The number of aromatic nitrogens is 1. The SMILES string of the molecule is CCNC(CCS(C)(=O)=O)c1nc2ccccc2cc1Br. The molecule has 1 N–H and O–H groups in total. The van der Waals surface area contributed by atoms with Crippen LogP contribution in [-0.4, -0.2) is 32.0 Å². The zero-order valence-corrected chi connectivity index (χ0v) is 14.5. The summed E-state index contributed by atoms with van der Waals surface area (Å²) in [5, 5.41) is 4.38. The van der Waals surface area contributed by atoms with E-state index in [0.717, 1.165) is 27.6 Å². The lowest BCUT2D eigenvalue weighted by Gasteiger charge is -2.19. The fourth-order valence-corrected chi connectivity index (χ4v) is 3.54. The molecule has 1 aromatic heterocycles. The Bertz CT molecular complexity index is 732. The molecule has 0 aliphatic carbocycles. The molecule has 2 aromatic rings. The van der Waals surface area contributed by atoms with Crippen LogP contribution in [0.4, 0.5) is 0 Å². The van der Waals surface area contributed by atoms with E-state index in [1.165, 1.54) is 6.26 Å². The lowest BCUT2D eigenvalue weighted by Crippen LogP contribution is -2.24. The molecule has 0 aliphatic heterocycles. The predicted molar refractivity (Wildman–Crippen MR) is 90.2 cm³/mol. The number of hydrogen-bond donors (Lipinski definition) is 1. The molecular formula is C15H19BrN2O2S. The van der Waals surface area contributed by atoms with Gasteiger partial charge in [0.15, 0.2) is 0 Å². The van der Waals surface area contributed by atoms with Gasteiger partial charge in [0.05, 0.1) is 23.0 Å². The Balaban J connectivity index is 2.36. The maximum Gasteiger partial charge on any atom is 0.147 e. The van der Waals surface area contributed by atoms with E-state index in [4.69, 9.17) is 4.98 Å². The van der Waals surface area contributed by atoms with Crippen molar-refractivity contribution in [2.45, 2.75) is 19.4 Å². The Labute approximate surface area is 134 Å². The molecule has 1 heterocycles. The number of para-hydroxylation sites is 1. The van der Waals surface area contributed by atoms with Crippen LogP contribution >= 0.6 is 15.9 Å². The van der Waals surface area contributed by atoms with Gasteiger partial charge in [-0.1, -0.05) is 25.1 Å². The van der Waals surface area contributed by atoms with Crippen LogP contribution in [0.3, 0.4) is 0 Å². The van der Waals surface area contributed by atoms with Crippen LogP contribution in [-0.2, 0) is 9.84 Å². The Morgan fingerprint density at radius 2 is 2.05 bits per heavy atom. The summed E-state index contributed by atoms with van der Waals surface area (Å²) < 4.78 is 23.7. The normalized spacial score (nSPS) is 13.5. The highest BCUT2D eigenvalue weighted by Gasteiger charge is 2.18. The zero-order chi connectivity index (χ0) is 15.5. The summed E-state index contributed by atoms with van der Waals surface area (Å²) in [5.41, 5.74) is 1.78. The van der Waals surface area contributed by atoms with Crippen molar-refractivity contribution >= 4 is 36.7 Å². The van der Waals surface area contributed by atoms with Crippen LogP contribution in [0.15, 0.2) is 34.8 Å². The fraction of sp³-hybridized carbons (Fsp3) is 0.400. The summed E-state index contributed by atoms with van der Waals surface area (Å²) >= 11 is 3.56. The summed E-state index contributed by atoms with van der Waals surface area (Å²) in [5.74, 6) is 0.144. The monoisotopic (exact) mass is 370 g/mol. The van der Waals surface area contributed by atoms with Crippen molar-refractivity contribution in [3.05, 3.63) is 40.5 Å². The van der Waals surface area contributed by atoms with Crippen molar-refractivity contribution in [1.82, 2.24) is 10.3 Å². The van der Waals surface area contributed by atoms with E-state index in [0.29, 0.717) is 6.42 Å². The third-order valence-electron chi connectivity index (χ3n) is 3.26. The lowest BCUT2D eigenvalue weighted by atomic mass is 10.1. The summed E-state index contributed by atoms with van der Waals surface area (Å²) in [6.45, 7) is 2.76. The summed E-state index contributed by atoms with van der Waals surface area (Å²) in [7, 11) is -2.98. The molecule has 0 amide bonds. The van der Waals surface area contributed by atoms with Gasteiger partial charge in [-0.15, -0.1) is 0 Å². The number of rotatable bonds is 6. The van der Waals surface area contributed by atoms with Crippen LogP contribution in [0.25, 0.3) is 10.9 Å². The van der Waals surface area contributed by atoms with Crippen LogP contribution in [0, 0.1) is 0 Å². The van der Waals surface area contributed by atoms with E-state index in [9.17, 15) is 8.42 Å². The highest BCUT2D eigenvalue weighted by molar-refractivity contribution is 9.10. The third kappa shape index (κ3) is 4.49. The van der Waals surface area contributed by atoms with Gasteiger partial charge in [0.2, 0.25) is 0 Å². The second-order valence-corrected chi connectivity index (χ2v) is 8.19. The Morgan fingerprint density at radius 1 is 1.33 bits per heavy atom. The van der Waals surface area contributed by atoms with Crippen molar-refractivity contribution in [1.29, 1.82) is 0 Å². The molecule has 6 heteroatoms. The average molecular weight is 371 g/mol. The van der Waals surface area contributed by atoms with Gasteiger partial charge in [0.25, 0.3) is 0 Å². The minimum atomic E-state index is -2.98. The second-order valence-electron chi connectivity index (χ2n) is 5.08. The molecule has 1 aromatic carbocycles. The molecule has 0 radical (unpaired) electrons. The van der Waals surface area contributed by atoms with Gasteiger partial charge in [-0.05, 0) is 41.0 Å². The predicted octanol–water partition coefficient (Wildman–Crippen LogP) is 3.08. The number of nitrogens with one attached hydrogen (secondary N) is 1. The smallest absolute Gasteiger partial charge is 0.147 e. The molecule has 114 valence electrons. The number of benzene rings is 1. The molecule has 0 spiro atoms. The van der Waals surface area contributed by atoms with Crippen molar-refractivity contribution in [2.24, 2.45) is 0 Å². The standard InChI is InChI=1S/C15H19BrN2O2S/c1-3-17-14(8-9-21(2,19)20)15-12(16)10-11-6-4-5-7-13(11)18-15/h4-7,10,14,17H,3,8-9H2,1-2H3. The van der Waals surface area contributed by atoms with E-state index in [2.05, 4.69) is 21.2 Å². The number of sulfone groups is 1. The summed E-state index contributed by atoms with van der Waals surface area (Å²) in [6, 6.07) is 9.85. The number of fused-ring (bicyclic) bond motifs is 1. The van der Waals surface area contributed by atoms with Gasteiger partial charge >= 0.3 is 0 Å². The molecule has 2 rings (SSSR count). The molecular weight excluding hydrogens is 352 g/mol. The molecule has 0 aliphatic rings. The highest BCUT2D eigenvalue weighted by Crippen LogP contribution is 2.28. The molecule has 4 nitrogen and oxygen atoms in total. The zero-order valence-electron chi connectivity index (χ0n) is 12.1. The Morgan fingerprint density at radius 3 is 2.71 bits per heavy atom. The number of hydrogen-bond acceptors (Lipinski definition) is 4. The van der Waals surface area contributed by atoms with E-state index in [1.54, 1.807) is 0 Å². The summed E-state index contributed by atoms with van der Waals surface area (Å²) in [4.78, 5) is 4.69. The first-order chi connectivity index (χ1) is 9.90. The van der Waals surface area contributed by atoms with Crippen molar-refractivity contribution in [3.8, 4) is 0 Å². The number of nitrogens with zero attached hydrogens (tertiary/aromatic N) is 1. The first-order valence-corrected chi connectivity index (χ1v) is 9.72. The summed E-state index contributed by atoms with van der Waals surface area (Å²) in [6.07, 6.45) is 1.77. The quantitative estimate of drug-likeness (QED) is 0.848. The van der Waals surface area contributed by atoms with Gasteiger partial charge in [-0.3, -0.25) is 0 Å². The number of pyridine rings is 1. The number of halogens is 1. The van der Waals surface area contributed by atoms with Gasteiger partial charge < -0.3 is 5.32 Å². The molecule has 21 heavy (non-hydrogen) atoms. The van der Waals surface area contributed by atoms with Crippen molar-refractivity contribution < 1.29 is 8.42 Å². The van der Waals surface area contributed by atoms with E-state index < -0.39 is 9.84 Å². The fourth-order valence-electron chi connectivity index (χ4n) is 2.26. The topological polar surface area (TPSA) is 59.1 Å². The maximum absolute atomic E-state index is 11.4. The first kappa shape index (κ1) is 16.4. The molecule has 0 saturated heterocycles. The first-order valence-electron chi connectivity index (χ1n) is 6.87. The Kier molecular flexibility index (Phi) is 5.35. The van der Waals surface area contributed by atoms with E-state index in [1.807, 2.05) is 37.3 Å². The van der Waals surface area contributed by atoms with Crippen LogP contribution < -0.4 is 5.32 Å². The maximum atomic E-state index is 11.4. The van der Waals surface area contributed by atoms with Gasteiger partial charge in [0.1, 0.15) is 9.84 Å². The van der Waals surface area contributed by atoms with Crippen molar-refractivity contribution in [2.75, 3.05) is 18.6 Å². The molecule has 0 fully saturated rings. The molecule has 1 unspecified atom stereocenters.